The van der Waals surface area contributed by atoms with Crippen molar-refractivity contribution in [3.8, 4) is 0 Å². The van der Waals surface area contributed by atoms with Crippen LogP contribution in [0.1, 0.15) is 37.3 Å². The van der Waals surface area contributed by atoms with Gasteiger partial charge in [0, 0.05) is 31.0 Å². The van der Waals surface area contributed by atoms with Gasteiger partial charge in [-0.05, 0) is 30.9 Å². The minimum Gasteiger partial charge on any atom is -0.345 e. The first-order valence-electron chi connectivity index (χ1n) is 8.20. The lowest BCUT2D eigenvalue weighted by Crippen LogP contribution is -2.49. The van der Waals surface area contributed by atoms with Crippen molar-refractivity contribution in [3.63, 3.8) is 0 Å². The molecule has 0 aromatic heterocycles. The average Bonchev–Trinajstić information content (AvgIpc) is 2.55. The van der Waals surface area contributed by atoms with Gasteiger partial charge in [0.25, 0.3) is 0 Å². The summed E-state index contributed by atoms with van der Waals surface area (Å²) >= 11 is 1.87. The van der Waals surface area contributed by atoms with E-state index >= 15 is 0 Å². The predicted molar refractivity (Wildman–Crippen MR) is 95.7 cm³/mol. The van der Waals surface area contributed by atoms with Crippen LogP contribution in [0.2, 0.25) is 0 Å². The zero-order valence-electron chi connectivity index (χ0n) is 14.2. The van der Waals surface area contributed by atoms with Crippen molar-refractivity contribution in [1.82, 2.24) is 10.2 Å². The molecule has 2 atom stereocenters. The fourth-order valence-corrected chi connectivity index (χ4v) is 3.85. The molecule has 2 amide bonds. The molecule has 0 bridgehead atoms. The first kappa shape index (κ1) is 17.9. The van der Waals surface area contributed by atoms with Gasteiger partial charge < -0.3 is 10.2 Å². The molecule has 0 spiro atoms. The number of nitrogens with one attached hydrogen (secondary N) is 1. The summed E-state index contributed by atoms with van der Waals surface area (Å²) in [5.41, 5.74) is 2.39. The maximum absolute atomic E-state index is 12.3. The molecule has 23 heavy (non-hydrogen) atoms. The predicted octanol–water partition coefficient (Wildman–Crippen LogP) is 2.57. The highest BCUT2D eigenvalue weighted by Gasteiger charge is 2.24. The molecule has 1 saturated heterocycles. The number of hydrogen-bond donors (Lipinski definition) is 1. The van der Waals surface area contributed by atoms with Gasteiger partial charge in [0.15, 0.2) is 0 Å². The summed E-state index contributed by atoms with van der Waals surface area (Å²) in [6.45, 7) is 7.45. The normalized spacial score (nSPS) is 17.4. The molecule has 0 radical (unpaired) electrons. The molecule has 1 fully saturated rings. The van der Waals surface area contributed by atoms with Crippen LogP contribution in [0.25, 0.3) is 0 Å². The van der Waals surface area contributed by atoms with Crippen LogP contribution < -0.4 is 5.32 Å². The highest BCUT2D eigenvalue weighted by molar-refractivity contribution is 7.99. The Morgan fingerprint density at radius 2 is 1.87 bits per heavy atom. The number of nitrogens with zero attached hydrogens (tertiary/aromatic N) is 1. The first-order valence-corrected chi connectivity index (χ1v) is 9.36. The third kappa shape index (κ3) is 4.99. The van der Waals surface area contributed by atoms with E-state index in [0.717, 1.165) is 24.6 Å². The van der Waals surface area contributed by atoms with Crippen LogP contribution in [-0.4, -0.2) is 47.4 Å². The minimum absolute atomic E-state index is 0.0298. The fraction of sp³-hybridized carbons (Fsp3) is 0.556. The SMILES string of the molecule is Cc1ccccc1[C@@H](C)CC(=O)N[C@@H](C)C(=O)N1CCSCC1. The quantitative estimate of drug-likeness (QED) is 0.900. The van der Waals surface area contributed by atoms with Crippen LogP contribution in [0.5, 0.6) is 0 Å². The summed E-state index contributed by atoms with van der Waals surface area (Å²) in [4.78, 5) is 26.4. The van der Waals surface area contributed by atoms with Crippen LogP contribution >= 0.6 is 11.8 Å². The van der Waals surface area contributed by atoms with Gasteiger partial charge >= 0.3 is 0 Å². The Bertz CT molecular complexity index is 556. The molecule has 126 valence electrons. The average molecular weight is 334 g/mol. The van der Waals surface area contributed by atoms with Crippen molar-refractivity contribution in [1.29, 1.82) is 0 Å². The lowest BCUT2D eigenvalue weighted by Gasteiger charge is -2.29. The molecule has 2 rings (SSSR count). The zero-order chi connectivity index (χ0) is 16.8. The lowest BCUT2D eigenvalue weighted by atomic mass is 9.93. The molecular formula is C18H26N2O2S. The van der Waals surface area contributed by atoms with Gasteiger partial charge in [0.2, 0.25) is 11.8 Å². The third-order valence-corrected chi connectivity index (χ3v) is 5.22. The topological polar surface area (TPSA) is 49.4 Å². The number of thioether (sulfide) groups is 1. The van der Waals surface area contributed by atoms with E-state index in [2.05, 4.69) is 31.3 Å². The molecule has 1 aromatic rings. The summed E-state index contributed by atoms with van der Waals surface area (Å²) in [5.74, 6) is 2.08. The van der Waals surface area contributed by atoms with Crippen LogP contribution in [0.15, 0.2) is 24.3 Å². The maximum Gasteiger partial charge on any atom is 0.244 e. The number of benzene rings is 1. The van der Waals surface area contributed by atoms with Crippen molar-refractivity contribution in [3.05, 3.63) is 35.4 Å². The summed E-state index contributed by atoms with van der Waals surface area (Å²) < 4.78 is 0. The van der Waals surface area contributed by atoms with Crippen molar-refractivity contribution in [2.45, 2.75) is 39.2 Å². The Kier molecular flexibility index (Phi) is 6.51. The molecule has 1 aromatic carbocycles. The summed E-state index contributed by atoms with van der Waals surface area (Å²) in [6.07, 6.45) is 0.401. The molecule has 5 heteroatoms. The fourth-order valence-electron chi connectivity index (χ4n) is 2.95. The van der Waals surface area contributed by atoms with Gasteiger partial charge in [0.05, 0.1) is 0 Å². The van der Waals surface area contributed by atoms with Gasteiger partial charge in [-0.2, -0.15) is 11.8 Å². The van der Waals surface area contributed by atoms with Gasteiger partial charge in [-0.15, -0.1) is 0 Å². The van der Waals surface area contributed by atoms with E-state index in [-0.39, 0.29) is 17.7 Å². The molecule has 0 aliphatic carbocycles. The molecule has 4 nitrogen and oxygen atoms in total. The molecule has 0 saturated carbocycles. The van der Waals surface area contributed by atoms with Gasteiger partial charge in [-0.25, -0.2) is 0 Å². The Hall–Kier alpha value is -1.49. The second kappa shape index (κ2) is 8.39. The second-order valence-electron chi connectivity index (χ2n) is 6.19. The Morgan fingerprint density at radius 1 is 1.22 bits per heavy atom. The number of carbonyl (C=O) groups is 2. The standard InChI is InChI=1S/C18H26N2O2S/c1-13-6-4-5-7-16(13)14(2)12-17(21)19-15(3)18(22)20-8-10-23-11-9-20/h4-7,14-15H,8-12H2,1-3H3,(H,19,21)/t14-,15-/m0/s1. The first-order chi connectivity index (χ1) is 11.0. The third-order valence-electron chi connectivity index (χ3n) is 4.28. The number of carbonyl (C=O) groups excluding carboxylic acids is 2. The molecule has 1 aliphatic rings. The van der Waals surface area contributed by atoms with E-state index in [1.807, 2.05) is 28.8 Å². The van der Waals surface area contributed by atoms with Crippen LogP contribution in [0.4, 0.5) is 0 Å². The molecule has 1 heterocycles. The van der Waals surface area contributed by atoms with Crippen LogP contribution in [0, 0.1) is 6.92 Å². The van der Waals surface area contributed by atoms with E-state index in [4.69, 9.17) is 0 Å². The lowest BCUT2D eigenvalue weighted by molar-refractivity contribution is -0.135. The Balaban J connectivity index is 1.86. The Labute approximate surface area is 143 Å². The molecule has 1 aliphatic heterocycles. The monoisotopic (exact) mass is 334 g/mol. The number of rotatable bonds is 5. The van der Waals surface area contributed by atoms with Crippen molar-refractivity contribution < 1.29 is 9.59 Å². The summed E-state index contributed by atoms with van der Waals surface area (Å²) in [5, 5.41) is 2.86. The van der Waals surface area contributed by atoms with Crippen molar-refractivity contribution in [2.24, 2.45) is 0 Å². The van der Waals surface area contributed by atoms with Gasteiger partial charge in [-0.1, -0.05) is 31.2 Å². The van der Waals surface area contributed by atoms with Crippen molar-refractivity contribution >= 4 is 23.6 Å². The van der Waals surface area contributed by atoms with E-state index in [1.165, 1.54) is 11.1 Å². The number of hydrogen-bond acceptors (Lipinski definition) is 3. The van der Waals surface area contributed by atoms with Crippen LogP contribution in [-0.2, 0) is 9.59 Å². The second-order valence-corrected chi connectivity index (χ2v) is 7.41. The van der Waals surface area contributed by atoms with Gasteiger partial charge in [0.1, 0.15) is 6.04 Å². The highest BCUT2D eigenvalue weighted by Crippen LogP contribution is 2.22. The molecule has 1 N–H and O–H groups in total. The highest BCUT2D eigenvalue weighted by atomic mass is 32.2. The van der Waals surface area contributed by atoms with Crippen LogP contribution in [0.3, 0.4) is 0 Å². The molecule has 0 unspecified atom stereocenters. The maximum atomic E-state index is 12.3. The number of amides is 2. The van der Waals surface area contributed by atoms with E-state index in [9.17, 15) is 9.59 Å². The van der Waals surface area contributed by atoms with E-state index in [0.29, 0.717) is 6.42 Å². The Morgan fingerprint density at radius 3 is 2.52 bits per heavy atom. The summed E-state index contributed by atoms with van der Waals surface area (Å²) in [6, 6.07) is 7.67. The van der Waals surface area contributed by atoms with E-state index < -0.39 is 6.04 Å². The van der Waals surface area contributed by atoms with Crippen molar-refractivity contribution in [2.75, 3.05) is 24.6 Å². The smallest absolute Gasteiger partial charge is 0.244 e. The minimum atomic E-state index is -0.449. The summed E-state index contributed by atoms with van der Waals surface area (Å²) in [7, 11) is 0. The number of aryl methyl sites for hydroxylation is 1. The van der Waals surface area contributed by atoms with Gasteiger partial charge in [-0.3, -0.25) is 9.59 Å². The largest absolute Gasteiger partial charge is 0.345 e. The van der Waals surface area contributed by atoms with E-state index in [1.54, 1.807) is 6.92 Å². The molecular weight excluding hydrogens is 308 g/mol. The zero-order valence-corrected chi connectivity index (χ0v) is 15.0.